The molecule has 16 heavy (non-hydrogen) atoms. The van der Waals surface area contributed by atoms with E-state index in [1.165, 1.54) is 0 Å². The molecule has 1 aliphatic rings. The Balaban J connectivity index is 1.94. The van der Waals surface area contributed by atoms with Gasteiger partial charge in [-0.3, -0.25) is 0 Å². The lowest BCUT2D eigenvalue weighted by Crippen LogP contribution is -2.34. The fourth-order valence-electron chi connectivity index (χ4n) is 1.85. The van der Waals surface area contributed by atoms with Crippen molar-refractivity contribution in [2.45, 2.75) is 19.6 Å². The largest absolute Gasteiger partial charge is 0.380 e. The van der Waals surface area contributed by atoms with Gasteiger partial charge in [0.1, 0.15) is 6.10 Å². The van der Waals surface area contributed by atoms with Crippen LogP contribution in [0.3, 0.4) is 0 Å². The summed E-state index contributed by atoms with van der Waals surface area (Å²) in [6.07, 6.45) is 3.84. The normalized spacial score (nSPS) is 21.2. The number of imidazole rings is 1. The summed E-state index contributed by atoms with van der Waals surface area (Å²) < 4.78 is 13.2. The van der Waals surface area contributed by atoms with E-state index < -0.39 is 0 Å². The summed E-state index contributed by atoms with van der Waals surface area (Å²) in [6, 6.07) is 0. The van der Waals surface area contributed by atoms with E-state index in [1.54, 1.807) is 0 Å². The first-order valence-electron chi connectivity index (χ1n) is 5.82. The zero-order valence-corrected chi connectivity index (χ0v) is 9.69. The van der Waals surface area contributed by atoms with Gasteiger partial charge in [0.25, 0.3) is 0 Å². The zero-order valence-electron chi connectivity index (χ0n) is 9.69. The summed E-state index contributed by atoms with van der Waals surface area (Å²) in [6.45, 7) is 6.88. The molecule has 1 aliphatic heterocycles. The molecule has 1 aromatic rings. The Labute approximate surface area is 95.8 Å². The van der Waals surface area contributed by atoms with Gasteiger partial charge in [0.05, 0.1) is 31.4 Å². The van der Waals surface area contributed by atoms with E-state index in [0.29, 0.717) is 0 Å². The van der Waals surface area contributed by atoms with Gasteiger partial charge in [0, 0.05) is 26.2 Å². The van der Waals surface area contributed by atoms with Crippen molar-refractivity contribution in [3.8, 4) is 0 Å². The van der Waals surface area contributed by atoms with E-state index in [-0.39, 0.29) is 6.10 Å². The van der Waals surface area contributed by atoms with Crippen LogP contribution in [0.5, 0.6) is 0 Å². The molecule has 2 heterocycles. The van der Waals surface area contributed by atoms with Crippen LogP contribution in [0.1, 0.15) is 18.7 Å². The molecule has 2 rings (SSSR count). The topological polar surface area (TPSA) is 48.3 Å². The first kappa shape index (κ1) is 11.6. The van der Waals surface area contributed by atoms with Gasteiger partial charge in [-0.2, -0.15) is 0 Å². The molecule has 5 nitrogen and oxygen atoms in total. The monoisotopic (exact) mass is 225 g/mol. The number of nitrogens with one attached hydrogen (secondary N) is 1. The molecule has 1 unspecified atom stereocenters. The Bertz CT molecular complexity index is 308. The van der Waals surface area contributed by atoms with Crippen molar-refractivity contribution < 1.29 is 9.47 Å². The lowest BCUT2D eigenvalue weighted by atomic mass is 10.2. The maximum absolute atomic E-state index is 5.71. The predicted molar refractivity (Wildman–Crippen MR) is 60.3 cm³/mol. The molecule has 0 bridgehead atoms. The number of hydrogen-bond acceptors (Lipinski definition) is 4. The summed E-state index contributed by atoms with van der Waals surface area (Å²) in [5, 5.41) is 3.32. The summed E-state index contributed by atoms with van der Waals surface area (Å²) in [5.41, 5.74) is 1.13. The average molecular weight is 225 g/mol. The maximum atomic E-state index is 5.71. The van der Waals surface area contributed by atoms with Crippen molar-refractivity contribution in [1.82, 2.24) is 14.9 Å². The first-order chi connectivity index (χ1) is 7.92. The first-order valence-corrected chi connectivity index (χ1v) is 5.82. The summed E-state index contributed by atoms with van der Waals surface area (Å²) in [5.74, 6) is 0. The van der Waals surface area contributed by atoms with Crippen molar-refractivity contribution in [2.75, 3.05) is 32.9 Å². The van der Waals surface area contributed by atoms with Crippen LogP contribution in [0.4, 0.5) is 0 Å². The molecule has 0 aliphatic carbocycles. The third-order valence-corrected chi connectivity index (χ3v) is 2.68. The second kappa shape index (κ2) is 5.98. The van der Waals surface area contributed by atoms with Gasteiger partial charge in [-0.1, -0.05) is 0 Å². The minimum atomic E-state index is 0.123. The second-order valence-corrected chi connectivity index (χ2v) is 3.77. The van der Waals surface area contributed by atoms with Gasteiger partial charge in [-0.15, -0.1) is 0 Å². The summed E-state index contributed by atoms with van der Waals surface area (Å²) >= 11 is 0. The van der Waals surface area contributed by atoms with Crippen LogP contribution >= 0.6 is 0 Å². The standard InChI is InChI=1S/C11H19N3O2/c1-2-15-6-4-14-9-13-7-10(14)11-8-12-3-5-16-11/h7,9,11-12H,2-6,8H2,1H3. The Morgan fingerprint density at radius 2 is 2.62 bits per heavy atom. The fourth-order valence-corrected chi connectivity index (χ4v) is 1.85. The van der Waals surface area contributed by atoms with E-state index in [0.717, 1.165) is 45.1 Å². The third kappa shape index (κ3) is 2.81. The molecule has 0 aromatic carbocycles. The Hall–Kier alpha value is -0.910. The summed E-state index contributed by atoms with van der Waals surface area (Å²) in [4.78, 5) is 4.18. The molecule has 0 spiro atoms. The van der Waals surface area contributed by atoms with Gasteiger partial charge in [-0.05, 0) is 6.92 Å². The highest BCUT2D eigenvalue weighted by atomic mass is 16.5. The van der Waals surface area contributed by atoms with Crippen LogP contribution in [0, 0.1) is 0 Å². The summed E-state index contributed by atoms with van der Waals surface area (Å²) in [7, 11) is 0. The van der Waals surface area contributed by atoms with E-state index in [4.69, 9.17) is 9.47 Å². The van der Waals surface area contributed by atoms with Crippen molar-refractivity contribution in [2.24, 2.45) is 0 Å². The molecule has 1 N–H and O–H groups in total. The van der Waals surface area contributed by atoms with Gasteiger partial charge < -0.3 is 19.4 Å². The van der Waals surface area contributed by atoms with Crippen LogP contribution in [-0.4, -0.2) is 42.5 Å². The van der Waals surface area contributed by atoms with Gasteiger partial charge in [-0.25, -0.2) is 4.98 Å². The number of hydrogen-bond donors (Lipinski definition) is 1. The van der Waals surface area contributed by atoms with Crippen LogP contribution in [0.2, 0.25) is 0 Å². The SMILES string of the molecule is CCOCCn1cncc1C1CNCCO1. The molecule has 1 saturated heterocycles. The minimum Gasteiger partial charge on any atom is -0.380 e. The Kier molecular flexibility index (Phi) is 4.33. The maximum Gasteiger partial charge on any atom is 0.111 e. The van der Waals surface area contributed by atoms with Gasteiger partial charge >= 0.3 is 0 Å². The molecule has 90 valence electrons. The van der Waals surface area contributed by atoms with Gasteiger partial charge in [0.2, 0.25) is 0 Å². The van der Waals surface area contributed by atoms with Crippen molar-refractivity contribution in [1.29, 1.82) is 0 Å². The number of morpholine rings is 1. The number of ether oxygens (including phenoxy) is 2. The molecule has 0 radical (unpaired) electrons. The van der Waals surface area contributed by atoms with Gasteiger partial charge in [0.15, 0.2) is 0 Å². The van der Waals surface area contributed by atoms with E-state index >= 15 is 0 Å². The Morgan fingerprint density at radius 3 is 3.38 bits per heavy atom. The van der Waals surface area contributed by atoms with E-state index in [1.807, 2.05) is 19.4 Å². The Morgan fingerprint density at radius 1 is 1.69 bits per heavy atom. The number of nitrogens with zero attached hydrogens (tertiary/aromatic N) is 2. The number of aromatic nitrogens is 2. The highest BCUT2D eigenvalue weighted by Crippen LogP contribution is 2.17. The van der Waals surface area contributed by atoms with Crippen molar-refractivity contribution in [3.05, 3.63) is 18.2 Å². The third-order valence-electron chi connectivity index (χ3n) is 2.68. The average Bonchev–Trinajstić information content (AvgIpc) is 2.79. The number of rotatable bonds is 5. The molecule has 0 amide bonds. The lowest BCUT2D eigenvalue weighted by molar-refractivity contribution is 0.0218. The van der Waals surface area contributed by atoms with Crippen LogP contribution in [0.15, 0.2) is 12.5 Å². The van der Waals surface area contributed by atoms with Crippen LogP contribution < -0.4 is 5.32 Å². The molecule has 1 fully saturated rings. The highest BCUT2D eigenvalue weighted by molar-refractivity contribution is 5.04. The fraction of sp³-hybridized carbons (Fsp3) is 0.727. The zero-order chi connectivity index (χ0) is 11.2. The van der Waals surface area contributed by atoms with Crippen molar-refractivity contribution in [3.63, 3.8) is 0 Å². The van der Waals surface area contributed by atoms with Crippen molar-refractivity contribution >= 4 is 0 Å². The van der Waals surface area contributed by atoms with E-state index in [9.17, 15) is 0 Å². The molecule has 1 atom stereocenters. The molecular weight excluding hydrogens is 206 g/mol. The van der Waals surface area contributed by atoms with Crippen LogP contribution in [0.25, 0.3) is 0 Å². The van der Waals surface area contributed by atoms with Crippen LogP contribution in [-0.2, 0) is 16.0 Å². The molecular formula is C11H19N3O2. The predicted octanol–water partition coefficient (Wildman–Crippen LogP) is 0.581. The van der Waals surface area contributed by atoms with E-state index in [2.05, 4.69) is 14.9 Å². The highest BCUT2D eigenvalue weighted by Gasteiger charge is 2.19. The lowest BCUT2D eigenvalue weighted by Gasteiger charge is -2.24. The molecule has 1 aromatic heterocycles. The minimum absolute atomic E-state index is 0.123. The second-order valence-electron chi connectivity index (χ2n) is 3.77. The molecule has 5 heteroatoms. The smallest absolute Gasteiger partial charge is 0.111 e. The quantitative estimate of drug-likeness (QED) is 0.745. The molecule has 0 saturated carbocycles.